The Hall–Kier alpha value is -4.15. The van der Waals surface area contributed by atoms with Crippen LogP contribution in [0.3, 0.4) is 0 Å². The predicted molar refractivity (Wildman–Crippen MR) is 131 cm³/mol. The van der Waals surface area contributed by atoms with Crippen LogP contribution in [-0.4, -0.2) is 88.6 Å². The second-order valence-electron chi connectivity index (χ2n) is 8.47. The summed E-state index contributed by atoms with van der Waals surface area (Å²) >= 11 is 0. The third kappa shape index (κ3) is 5.39. The molecule has 39 heavy (non-hydrogen) atoms. The Morgan fingerprint density at radius 3 is 1.33 bits per heavy atom. The van der Waals surface area contributed by atoms with Crippen molar-refractivity contribution >= 4 is 33.2 Å². The van der Waals surface area contributed by atoms with Gasteiger partial charge in [-0.3, -0.25) is 0 Å². The molecule has 208 valence electrons. The highest BCUT2D eigenvalue weighted by Crippen LogP contribution is 2.29. The van der Waals surface area contributed by atoms with Crippen LogP contribution in [0.5, 0.6) is 0 Å². The molecule has 4 atom stereocenters. The molecule has 0 fully saturated rings. The van der Waals surface area contributed by atoms with Gasteiger partial charge in [-0.05, 0) is 48.5 Å². The Kier molecular flexibility index (Phi) is 7.80. The summed E-state index contributed by atoms with van der Waals surface area (Å²) in [4.78, 5) is 23.8. The average molecular weight is 565 g/mol. The topological polar surface area (TPSA) is 232 Å². The SMILES string of the molecule is O=C1OC(C(O)CO)C(O)=C1Nc1ccc(S(=O)(=O)c2ccc(NC3=C(O)C(C(O)CO)OC3=O)cc2)cc1. The average Bonchev–Trinajstić information content (AvgIpc) is 3.37. The minimum absolute atomic E-state index is 0.102. The number of rotatable bonds is 10. The third-order valence-electron chi connectivity index (χ3n) is 5.87. The summed E-state index contributed by atoms with van der Waals surface area (Å²) in [7, 11) is -4.00. The molecule has 2 aromatic rings. The number of esters is 2. The fourth-order valence-electron chi connectivity index (χ4n) is 3.76. The lowest BCUT2D eigenvalue weighted by Crippen LogP contribution is -2.31. The monoisotopic (exact) mass is 564 g/mol. The normalized spacial score (nSPS) is 21.0. The Morgan fingerprint density at radius 2 is 1.03 bits per heavy atom. The number of aliphatic hydroxyl groups excluding tert-OH is 6. The van der Waals surface area contributed by atoms with Crippen LogP contribution in [0.1, 0.15) is 0 Å². The number of carbonyl (C=O) groups excluding carboxylic acids is 2. The van der Waals surface area contributed by atoms with Crippen molar-refractivity contribution in [2.24, 2.45) is 0 Å². The maximum absolute atomic E-state index is 13.1. The number of hydrogen-bond donors (Lipinski definition) is 8. The highest BCUT2D eigenvalue weighted by Gasteiger charge is 2.40. The van der Waals surface area contributed by atoms with E-state index in [1.54, 1.807) is 0 Å². The van der Waals surface area contributed by atoms with E-state index in [1.807, 2.05) is 0 Å². The van der Waals surface area contributed by atoms with Gasteiger partial charge in [0.1, 0.15) is 12.2 Å². The first-order valence-corrected chi connectivity index (χ1v) is 12.8. The van der Waals surface area contributed by atoms with Crippen LogP contribution in [0.4, 0.5) is 11.4 Å². The largest absolute Gasteiger partial charge is 0.506 e. The number of carbonyl (C=O) groups is 2. The minimum Gasteiger partial charge on any atom is -0.506 e. The van der Waals surface area contributed by atoms with Crippen LogP contribution in [-0.2, 0) is 28.9 Å². The first kappa shape index (κ1) is 27.9. The quantitative estimate of drug-likeness (QED) is 0.169. The van der Waals surface area contributed by atoms with Crippen molar-refractivity contribution in [3.05, 3.63) is 71.4 Å². The molecule has 2 aliphatic rings. The van der Waals surface area contributed by atoms with Gasteiger partial charge in [-0.25, -0.2) is 18.0 Å². The highest BCUT2D eigenvalue weighted by atomic mass is 32.2. The van der Waals surface area contributed by atoms with Gasteiger partial charge in [-0.1, -0.05) is 0 Å². The second kappa shape index (κ2) is 10.9. The number of hydrogen-bond acceptors (Lipinski definition) is 14. The van der Waals surface area contributed by atoms with Crippen LogP contribution in [0.15, 0.2) is 81.2 Å². The molecule has 0 spiro atoms. The van der Waals surface area contributed by atoms with Crippen LogP contribution < -0.4 is 10.6 Å². The Balaban J connectivity index is 1.48. The van der Waals surface area contributed by atoms with Gasteiger partial charge in [0, 0.05) is 11.4 Å². The van der Waals surface area contributed by atoms with Gasteiger partial charge in [-0.15, -0.1) is 0 Å². The molecular weight excluding hydrogens is 540 g/mol. The molecule has 4 unspecified atom stereocenters. The van der Waals surface area contributed by atoms with E-state index in [1.165, 1.54) is 48.5 Å². The number of sulfone groups is 1. The van der Waals surface area contributed by atoms with Gasteiger partial charge >= 0.3 is 11.9 Å². The zero-order valence-electron chi connectivity index (χ0n) is 19.9. The number of aliphatic hydroxyl groups is 6. The fraction of sp³-hybridized carbons (Fsp3) is 0.250. The van der Waals surface area contributed by atoms with Gasteiger partial charge in [0.25, 0.3) is 0 Å². The molecule has 0 saturated heterocycles. The molecule has 0 radical (unpaired) electrons. The van der Waals surface area contributed by atoms with E-state index in [-0.39, 0.29) is 32.6 Å². The Labute approximate surface area is 221 Å². The highest BCUT2D eigenvalue weighted by molar-refractivity contribution is 7.91. The lowest BCUT2D eigenvalue weighted by atomic mass is 10.1. The molecule has 0 amide bonds. The van der Waals surface area contributed by atoms with Crippen LogP contribution in [0.25, 0.3) is 0 Å². The van der Waals surface area contributed by atoms with Crippen molar-refractivity contribution in [2.75, 3.05) is 23.8 Å². The summed E-state index contributed by atoms with van der Waals surface area (Å²) in [5.74, 6) is -3.15. The second-order valence-corrected chi connectivity index (χ2v) is 10.4. The van der Waals surface area contributed by atoms with Gasteiger partial charge in [-0.2, -0.15) is 0 Å². The number of ether oxygens (including phenoxy) is 2. The van der Waals surface area contributed by atoms with Crippen LogP contribution in [0.2, 0.25) is 0 Å². The first-order valence-electron chi connectivity index (χ1n) is 11.3. The third-order valence-corrected chi connectivity index (χ3v) is 7.65. The van der Waals surface area contributed by atoms with E-state index in [0.717, 1.165) is 0 Å². The molecule has 2 aliphatic heterocycles. The lowest BCUT2D eigenvalue weighted by Gasteiger charge is -2.14. The summed E-state index contributed by atoms with van der Waals surface area (Å²) in [5.41, 5.74) is -0.272. The molecule has 14 nitrogen and oxygen atoms in total. The van der Waals surface area contributed by atoms with Crippen molar-refractivity contribution in [1.82, 2.24) is 0 Å². The standard InChI is InChI=1S/C24H24N2O12S/c27-9-15(29)21-19(31)17(23(33)37-21)25-11-1-5-13(6-2-11)39(35,36)14-7-3-12(4-8-14)26-18-20(32)22(16(30)10-28)38-24(18)34/h1-8,15-16,21-22,25-32H,9-10H2. The van der Waals surface area contributed by atoms with Crippen molar-refractivity contribution < 1.29 is 58.1 Å². The zero-order valence-corrected chi connectivity index (χ0v) is 20.7. The molecule has 0 aromatic heterocycles. The summed E-state index contributed by atoms with van der Waals surface area (Å²) in [6.45, 7) is -1.50. The number of benzene rings is 2. The van der Waals surface area contributed by atoms with Crippen LogP contribution >= 0.6 is 0 Å². The smallest absolute Gasteiger partial charge is 0.359 e. The molecule has 0 bridgehead atoms. The molecule has 8 N–H and O–H groups in total. The van der Waals surface area contributed by atoms with Gasteiger partial charge < -0.3 is 50.7 Å². The van der Waals surface area contributed by atoms with Crippen molar-refractivity contribution in [3.8, 4) is 0 Å². The minimum atomic E-state index is -4.00. The number of nitrogens with one attached hydrogen (secondary N) is 2. The van der Waals surface area contributed by atoms with E-state index in [2.05, 4.69) is 10.6 Å². The van der Waals surface area contributed by atoms with Gasteiger partial charge in [0.15, 0.2) is 35.1 Å². The summed E-state index contributed by atoms with van der Waals surface area (Å²) in [5, 5.41) is 62.8. The maximum atomic E-state index is 13.1. The molecule has 0 aliphatic carbocycles. The van der Waals surface area contributed by atoms with E-state index < -0.39 is 70.9 Å². The van der Waals surface area contributed by atoms with Gasteiger partial charge in [0.2, 0.25) is 9.84 Å². The first-order chi connectivity index (χ1) is 18.5. The lowest BCUT2D eigenvalue weighted by molar-refractivity contribution is -0.146. The van der Waals surface area contributed by atoms with Gasteiger partial charge in [0.05, 0.1) is 23.0 Å². The molecule has 2 aromatic carbocycles. The van der Waals surface area contributed by atoms with E-state index in [4.69, 9.17) is 19.7 Å². The Morgan fingerprint density at radius 1 is 0.692 bits per heavy atom. The number of anilines is 2. The zero-order chi connectivity index (χ0) is 28.5. The van der Waals surface area contributed by atoms with Crippen LogP contribution in [0, 0.1) is 0 Å². The summed E-state index contributed by atoms with van der Waals surface area (Å²) < 4.78 is 35.8. The molecule has 15 heteroatoms. The van der Waals surface area contributed by atoms with Crippen molar-refractivity contribution in [1.29, 1.82) is 0 Å². The summed E-state index contributed by atoms with van der Waals surface area (Å²) in [6, 6.07) is 10.4. The fourth-order valence-corrected chi connectivity index (χ4v) is 5.02. The van der Waals surface area contributed by atoms with Crippen molar-refractivity contribution in [3.63, 3.8) is 0 Å². The molecule has 2 heterocycles. The molecule has 0 saturated carbocycles. The maximum Gasteiger partial charge on any atom is 0.359 e. The summed E-state index contributed by atoms with van der Waals surface area (Å²) in [6.07, 6.45) is -5.91. The number of cyclic esters (lactones) is 2. The van der Waals surface area contributed by atoms with E-state index in [9.17, 15) is 38.4 Å². The molecule has 4 rings (SSSR count). The Bertz CT molecular complexity index is 1330. The van der Waals surface area contributed by atoms with E-state index in [0.29, 0.717) is 0 Å². The van der Waals surface area contributed by atoms with Crippen molar-refractivity contribution in [2.45, 2.75) is 34.2 Å². The predicted octanol–water partition coefficient (Wildman–Crippen LogP) is -0.560. The molecular formula is C24H24N2O12S. The van der Waals surface area contributed by atoms with E-state index >= 15 is 0 Å².